The Hall–Kier alpha value is -1.59. The lowest BCUT2D eigenvalue weighted by Gasteiger charge is -2.04. The van der Waals surface area contributed by atoms with Crippen molar-refractivity contribution in [2.75, 3.05) is 19.6 Å². The predicted molar refractivity (Wildman–Crippen MR) is 76.3 cm³/mol. The molecule has 0 radical (unpaired) electrons. The van der Waals surface area contributed by atoms with Crippen molar-refractivity contribution in [3.63, 3.8) is 0 Å². The molecule has 3 N–H and O–H groups in total. The first kappa shape index (κ1) is 13.8. The molecule has 1 heterocycles. The van der Waals surface area contributed by atoms with Crippen LogP contribution in [0.25, 0.3) is 11.1 Å². The summed E-state index contributed by atoms with van der Waals surface area (Å²) in [5.41, 5.74) is 8.11. The number of nitrogens with two attached hydrogens (primary N) is 1. The minimum absolute atomic E-state index is 0.313. The normalized spacial score (nSPS) is 11.3. The summed E-state index contributed by atoms with van der Waals surface area (Å²) in [4.78, 5) is 11.4. The highest BCUT2D eigenvalue weighted by atomic mass is 16.4. The van der Waals surface area contributed by atoms with Crippen LogP contribution in [-0.2, 0) is 13.5 Å². The van der Waals surface area contributed by atoms with Gasteiger partial charge in [-0.3, -0.25) is 4.57 Å². The topological polar surface area (TPSA) is 73.2 Å². The summed E-state index contributed by atoms with van der Waals surface area (Å²) in [6.45, 7) is 2.68. The van der Waals surface area contributed by atoms with Crippen LogP contribution in [0.5, 0.6) is 0 Å². The van der Waals surface area contributed by atoms with Gasteiger partial charge in [0.1, 0.15) is 0 Å². The zero-order chi connectivity index (χ0) is 13.7. The lowest BCUT2D eigenvalue weighted by atomic mass is 10.1. The number of unbranched alkanes of at least 4 members (excludes halogenated alkanes) is 1. The van der Waals surface area contributed by atoms with E-state index in [4.69, 9.17) is 10.2 Å². The van der Waals surface area contributed by atoms with Gasteiger partial charge in [-0.25, -0.2) is 4.79 Å². The molecule has 5 heteroatoms. The Morgan fingerprint density at radius 3 is 2.95 bits per heavy atom. The largest absolute Gasteiger partial charge is 0.419 e. The highest BCUT2D eigenvalue weighted by molar-refractivity contribution is 5.73. The van der Waals surface area contributed by atoms with Gasteiger partial charge in [-0.15, -0.1) is 0 Å². The number of hydrogen-bond acceptors (Lipinski definition) is 4. The second-order valence-electron chi connectivity index (χ2n) is 4.72. The van der Waals surface area contributed by atoms with E-state index in [9.17, 15) is 4.79 Å². The van der Waals surface area contributed by atoms with Crippen LogP contribution in [0.4, 0.5) is 0 Å². The van der Waals surface area contributed by atoms with Gasteiger partial charge in [-0.05, 0) is 56.6 Å². The summed E-state index contributed by atoms with van der Waals surface area (Å²) in [5.74, 6) is -0.313. The first-order valence-electron chi connectivity index (χ1n) is 6.71. The predicted octanol–water partition coefficient (Wildman–Crippen LogP) is 1.00. The van der Waals surface area contributed by atoms with E-state index in [1.165, 1.54) is 10.1 Å². The first-order valence-corrected chi connectivity index (χ1v) is 6.71. The molecular formula is C14H21N3O2. The third-order valence-corrected chi connectivity index (χ3v) is 3.25. The number of benzene rings is 1. The second-order valence-corrected chi connectivity index (χ2v) is 4.72. The fraction of sp³-hybridized carbons (Fsp3) is 0.500. The van der Waals surface area contributed by atoms with Crippen molar-refractivity contribution >= 4 is 11.1 Å². The molecule has 2 rings (SSSR count). The minimum atomic E-state index is -0.313. The van der Waals surface area contributed by atoms with E-state index < -0.39 is 0 Å². The van der Waals surface area contributed by atoms with Crippen LogP contribution in [0.15, 0.2) is 27.4 Å². The van der Waals surface area contributed by atoms with Gasteiger partial charge in [-0.2, -0.15) is 0 Å². The monoisotopic (exact) mass is 263 g/mol. The van der Waals surface area contributed by atoms with Crippen LogP contribution in [0.1, 0.15) is 18.4 Å². The maximum atomic E-state index is 11.4. The number of fused-ring (bicyclic) bond motifs is 1. The lowest BCUT2D eigenvalue weighted by molar-refractivity contribution is 0.527. The minimum Gasteiger partial charge on any atom is -0.408 e. The zero-order valence-corrected chi connectivity index (χ0v) is 11.3. The van der Waals surface area contributed by atoms with Crippen molar-refractivity contribution in [2.24, 2.45) is 12.8 Å². The molecule has 0 bridgehead atoms. The van der Waals surface area contributed by atoms with Crippen molar-refractivity contribution in [1.29, 1.82) is 0 Å². The fourth-order valence-electron chi connectivity index (χ4n) is 2.09. The van der Waals surface area contributed by atoms with Crippen LogP contribution < -0.4 is 16.8 Å². The summed E-state index contributed by atoms with van der Waals surface area (Å²) in [6.07, 6.45) is 3.11. The first-order chi connectivity index (χ1) is 9.22. The van der Waals surface area contributed by atoms with Gasteiger partial charge in [0.2, 0.25) is 0 Å². The van der Waals surface area contributed by atoms with Gasteiger partial charge >= 0.3 is 5.76 Å². The van der Waals surface area contributed by atoms with E-state index in [1.807, 2.05) is 18.2 Å². The van der Waals surface area contributed by atoms with E-state index in [2.05, 4.69) is 5.32 Å². The van der Waals surface area contributed by atoms with Gasteiger partial charge < -0.3 is 15.5 Å². The number of hydrogen-bond donors (Lipinski definition) is 2. The molecule has 0 aliphatic carbocycles. The molecule has 0 saturated heterocycles. The quantitative estimate of drug-likeness (QED) is 0.731. The molecule has 0 spiro atoms. The maximum absolute atomic E-state index is 11.4. The number of oxazole rings is 1. The average Bonchev–Trinajstić information content (AvgIpc) is 2.69. The second kappa shape index (κ2) is 6.54. The van der Waals surface area contributed by atoms with E-state index in [1.54, 1.807) is 7.05 Å². The molecule has 0 saturated carbocycles. The lowest BCUT2D eigenvalue weighted by Crippen LogP contribution is -2.19. The SMILES string of the molecule is Cn1c(=O)oc2cc(CCNCCCCN)ccc21. The van der Waals surface area contributed by atoms with Crippen LogP contribution in [0.2, 0.25) is 0 Å². The van der Waals surface area contributed by atoms with Crippen LogP contribution in [0.3, 0.4) is 0 Å². The molecule has 1 aromatic heterocycles. The van der Waals surface area contributed by atoms with Crippen molar-refractivity contribution in [3.05, 3.63) is 34.3 Å². The average molecular weight is 263 g/mol. The van der Waals surface area contributed by atoms with Crippen molar-refractivity contribution < 1.29 is 4.42 Å². The van der Waals surface area contributed by atoms with Crippen LogP contribution in [-0.4, -0.2) is 24.2 Å². The standard InChI is InChI=1S/C14H21N3O2/c1-17-12-5-4-11(10-13(12)19-14(17)18)6-9-16-8-3-2-7-15/h4-5,10,16H,2-3,6-9,15H2,1H3. The van der Waals surface area contributed by atoms with Gasteiger partial charge in [0.15, 0.2) is 5.58 Å². The molecule has 1 aromatic carbocycles. The van der Waals surface area contributed by atoms with Crippen LogP contribution in [0, 0.1) is 0 Å². The Balaban J connectivity index is 1.89. The zero-order valence-electron chi connectivity index (χ0n) is 11.3. The molecule has 19 heavy (non-hydrogen) atoms. The summed E-state index contributed by atoms with van der Waals surface area (Å²) in [7, 11) is 1.72. The molecule has 0 unspecified atom stereocenters. The number of rotatable bonds is 7. The number of nitrogens with zero attached hydrogens (tertiary/aromatic N) is 1. The van der Waals surface area contributed by atoms with E-state index in [0.29, 0.717) is 5.58 Å². The molecule has 2 aromatic rings. The Morgan fingerprint density at radius 2 is 2.16 bits per heavy atom. The molecule has 0 aliphatic heterocycles. The van der Waals surface area contributed by atoms with Gasteiger partial charge in [0, 0.05) is 7.05 Å². The molecule has 0 amide bonds. The van der Waals surface area contributed by atoms with E-state index in [0.717, 1.165) is 44.4 Å². The highest BCUT2D eigenvalue weighted by Gasteiger charge is 2.05. The number of aromatic nitrogens is 1. The van der Waals surface area contributed by atoms with Crippen LogP contribution >= 0.6 is 0 Å². The molecule has 0 aliphatic rings. The highest BCUT2D eigenvalue weighted by Crippen LogP contribution is 2.14. The van der Waals surface area contributed by atoms with Gasteiger partial charge in [0.05, 0.1) is 5.52 Å². The Bertz CT molecular complexity index is 586. The smallest absolute Gasteiger partial charge is 0.408 e. The summed E-state index contributed by atoms with van der Waals surface area (Å²) in [5, 5.41) is 3.38. The van der Waals surface area contributed by atoms with E-state index in [-0.39, 0.29) is 5.76 Å². The fourth-order valence-corrected chi connectivity index (χ4v) is 2.09. The van der Waals surface area contributed by atoms with Gasteiger partial charge in [-0.1, -0.05) is 6.07 Å². The molecule has 0 fully saturated rings. The van der Waals surface area contributed by atoms with Crippen molar-refractivity contribution in [2.45, 2.75) is 19.3 Å². The number of nitrogens with one attached hydrogen (secondary N) is 1. The summed E-state index contributed by atoms with van der Waals surface area (Å²) >= 11 is 0. The Labute approximate surface area is 112 Å². The van der Waals surface area contributed by atoms with Gasteiger partial charge in [0.25, 0.3) is 0 Å². The van der Waals surface area contributed by atoms with Crippen molar-refractivity contribution in [1.82, 2.24) is 9.88 Å². The molecule has 5 nitrogen and oxygen atoms in total. The third kappa shape index (κ3) is 3.45. The van der Waals surface area contributed by atoms with E-state index >= 15 is 0 Å². The molecule has 104 valence electrons. The van der Waals surface area contributed by atoms with Crippen molar-refractivity contribution in [3.8, 4) is 0 Å². The molecular weight excluding hydrogens is 242 g/mol. The maximum Gasteiger partial charge on any atom is 0.419 e. The summed E-state index contributed by atoms with van der Waals surface area (Å²) < 4.78 is 6.69. The Morgan fingerprint density at radius 1 is 1.32 bits per heavy atom. The molecule has 0 atom stereocenters. The third-order valence-electron chi connectivity index (χ3n) is 3.25. The summed E-state index contributed by atoms with van der Waals surface area (Å²) in [6, 6.07) is 5.92. The Kier molecular flexibility index (Phi) is 4.76. The number of aryl methyl sites for hydroxylation is 1.